The second-order valence-electron chi connectivity index (χ2n) is 8.30. The van der Waals surface area contributed by atoms with E-state index in [2.05, 4.69) is 29.6 Å². The van der Waals surface area contributed by atoms with Crippen LogP contribution in [-0.4, -0.2) is 56.7 Å². The van der Waals surface area contributed by atoms with Crippen LogP contribution in [0.5, 0.6) is 0 Å². The first-order chi connectivity index (χ1) is 15.5. The molecule has 8 heteroatoms. The molecule has 0 aromatic heterocycles. The topological polar surface area (TPSA) is 106 Å². The number of rotatable bonds is 22. The van der Waals surface area contributed by atoms with E-state index < -0.39 is 0 Å². The van der Waals surface area contributed by atoms with E-state index in [9.17, 15) is 14.4 Å². The summed E-state index contributed by atoms with van der Waals surface area (Å²) in [4.78, 5) is 39.1. The molecule has 0 rings (SSSR count). The number of unbranched alkanes of at least 4 members (excludes halogenated alkanes) is 5. The van der Waals surface area contributed by atoms with Crippen LogP contribution in [-0.2, 0) is 24.0 Å². The molecule has 2 amide bonds. The Bertz CT molecular complexity index is 526. The number of amides is 2. The third kappa shape index (κ3) is 22.7. The Morgan fingerprint density at radius 3 is 2.03 bits per heavy atom. The number of ether oxygens (including phenoxy) is 1. The van der Waals surface area contributed by atoms with Crippen LogP contribution in [0, 0.1) is 5.92 Å². The van der Waals surface area contributed by atoms with Crippen LogP contribution < -0.4 is 10.6 Å². The van der Waals surface area contributed by atoms with Crippen molar-refractivity contribution < 1.29 is 24.0 Å². The second kappa shape index (κ2) is 22.2. The number of Topliss-reactive ketones (excluding diaryl/α,β-unsaturated/α-hetero) is 1. The Balaban J connectivity index is 3.38. The molecule has 0 spiro atoms. The average molecular weight is 456 g/mol. The van der Waals surface area contributed by atoms with Crippen molar-refractivity contribution in [3.63, 3.8) is 0 Å². The van der Waals surface area contributed by atoms with Crippen LogP contribution in [0.2, 0.25) is 0 Å². The predicted molar refractivity (Wildman–Crippen MR) is 128 cm³/mol. The van der Waals surface area contributed by atoms with Crippen LogP contribution in [0.25, 0.3) is 0 Å². The van der Waals surface area contributed by atoms with Gasteiger partial charge in [0.1, 0.15) is 12.8 Å². The van der Waals surface area contributed by atoms with Gasteiger partial charge in [-0.1, -0.05) is 44.7 Å². The monoisotopic (exact) mass is 455 g/mol. The highest BCUT2D eigenvalue weighted by Crippen LogP contribution is 2.05. The van der Waals surface area contributed by atoms with E-state index >= 15 is 0 Å². The molecule has 0 aliphatic carbocycles. The lowest BCUT2D eigenvalue weighted by molar-refractivity contribution is -0.122. The number of carbonyl (C=O) groups excluding carboxylic acids is 3. The van der Waals surface area contributed by atoms with Gasteiger partial charge in [-0.05, 0) is 38.0 Å². The van der Waals surface area contributed by atoms with Crippen molar-refractivity contribution >= 4 is 23.8 Å². The first-order valence-corrected chi connectivity index (χ1v) is 12.2. The predicted octanol–water partition coefficient (Wildman–Crippen LogP) is 3.77. The molecule has 8 nitrogen and oxygen atoms in total. The van der Waals surface area contributed by atoms with E-state index in [-0.39, 0.29) is 17.6 Å². The highest BCUT2D eigenvalue weighted by molar-refractivity contribution is 6.26. The third-order valence-corrected chi connectivity index (χ3v) is 4.99. The Hall–Kier alpha value is -1.96. The van der Waals surface area contributed by atoms with Gasteiger partial charge < -0.3 is 20.2 Å². The van der Waals surface area contributed by atoms with Crippen molar-refractivity contribution in [2.45, 2.75) is 91.4 Å². The van der Waals surface area contributed by atoms with Crippen molar-refractivity contribution in [2.75, 3.05) is 32.9 Å². The minimum atomic E-state index is -0.157. The fourth-order valence-corrected chi connectivity index (χ4v) is 2.76. The molecule has 0 saturated carbocycles. The molecule has 0 heterocycles. The minimum Gasteiger partial charge on any atom is -0.396 e. The first-order valence-electron chi connectivity index (χ1n) is 12.2. The number of nitrogens with zero attached hydrogens (tertiary/aromatic N) is 1. The Morgan fingerprint density at radius 1 is 0.844 bits per heavy atom. The van der Waals surface area contributed by atoms with Gasteiger partial charge in [-0.15, -0.1) is 0 Å². The standard InChI is InChI=1S/C24H45N3O5/c1-4-21(2)20-31-17-10-7-5-6-8-15-25-23(29)13-12-14-24(30)26-16-9-11-18-32-27-19-22(3)28/h19,21H,4-18,20H2,1-3H3,(H,25,29)(H,26,30)/b27-19+. The van der Waals surface area contributed by atoms with E-state index in [0.29, 0.717) is 44.9 Å². The summed E-state index contributed by atoms with van der Waals surface area (Å²) in [6, 6.07) is 0. The van der Waals surface area contributed by atoms with Crippen molar-refractivity contribution in [3.8, 4) is 0 Å². The normalized spacial score (nSPS) is 12.0. The molecule has 32 heavy (non-hydrogen) atoms. The zero-order valence-corrected chi connectivity index (χ0v) is 20.5. The summed E-state index contributed by atoms with van der Waals surface area (Å²) in [5.74, 6) is 0.460. The summed E-state index contributed by atoms with van der Waals surface area (Å²) in [7, 11) is 0. The van der Waals surface area contributed by atoms with E-state index in [1.807, 2.05) is 0 Å². The molecule has 0 bridgehead atoms. The largest absolute Gasteiger partial charge is 0.396 e. The maximum Gasteiger partial charge on any atom is 0.220 e. The van der Waals surface area contributed by atoms with E-state index in [0.717, 1.165) is 58.0 Å². The lowest BCUT2D eigenvalue weighted by Gasteiger charge is -2.09. The van der Waals surface area contributed by atoms with Crippen LogP contribution in [0.3, 0.4) is 0 Å². The molecule has 0 radical (unpaired) electrons. The lowest BCUT2D eigenvalue weighted by Crippen LogP contribution is -2.26. The number of nitrogens with one attached hydrogen (secondary N) is 2. The molecular formula is C24H45N3O5. The molecule has 0 fully saturated rings. The van der Waals surface area contributed by atoms with Crippen LogP contribution in [0.1, 0.15) is 91.4 Å². The lowest BCUT2D eigenvalue weighted by atomic mass is 10.1. The number of hydrogen-bond donors (Lipinski definition) is 2. The van der Waals surface area contributed by atoms with Gasteiger partial charge in [0, 0.05) is 46.1 Å². The zero-order chi connectivity index (χ0) is 23.9. The fraction of sp³-hybridized carbons (Fsp3) is 0.833. The zero-order valence-electron chi connectivity index (χ0n) is 20.5. The van der Waals surface area contributed by atoms with Gasteiger partial charge in [0.25, 0.3) is 0 Å². The van der Waals surface area contributed by atoms with Gasteiger partial charge in [-0.25, -0.2) is 0 Å². The summed E-state index contributed by atoms with van der Waals surface area (Å²) < 4.78 is 5.65. The molecule has 1 atom stereocenters. The Kier molecular flexibility index (Phi) is 20.9. The van der Waals surface area contributed by atoms with Gasteiger partial charge in [0.15, 0.2) is 5.78 Å². The van der Waals surface area contributed by atoms with E-state index in [4.69, 9.17) is 9.57 Å². The smallest absolute Gasteiger partial charge is 0.220 e. The number of oxime groups is 1. The van der Waals surface area contributed by atoms with Crippen molar-refractivity contribution in [1.82, 2.24) is 10.6 Å². The molecule has 0 saturated heterocycles. The Morgan fingerprint density at radius 2 is 1.41 bits per heavy atom. The van der Waals surface area contributed by atoms with Gasteiger partial charge >= 0.3 is 0 Å². The number of hydrogen-bond acceptors (Lipinski definition) is 6. The first kappa shape index (κ1) is 30.0. The number of carbonyl (C=O) groups is 3. The summed E-state index contributed by atoms with van der Waals surface area (Å²) in [6.07, 6.45) is 10.6. The maximum absolute atomic E-state index is 11.8. The summed E-state index contributed by atoms with van der Waals surface area (Å²) in [6.45, 7) is 9.18. The summed E-state index contributed by atoms with van der Waals surface area (Å²) in [5.41, 5.74) is 0. The van der Waals surface area contributed by atoms with Gasteiger partial charge in [0.2, 0.25) is 11.8 Å². The molecule has 1 unspecified atom stereocenters. The fourth-order valence-electron chi connectivity index (χ4n) is 2.76. The molecule has 0 aliphatic rings. The summed E-state index contributed by atoms with van der Waals surface area (Å²) in [5, 5.41) is 9.27. The summed E-state index contributed by atoms with van der Waals surface area (Å²) >= 11 is 0. The highest BCUT2D eigenvalue weighted by Gasteiger charge is 2.05. The Labute approximate surface area is 194 Å². The highest BCUT2D eigenvalue weighted by atomic mass is 16.6. The molecule has 0 aromatic rings. The quantitative estimate of drug-likeness (QED) is 0.147. The van der Waals surface area contributed by atoms with E-state index in [1.54, 1.807) is 0 Å². The van der Waals surface area contributed by atoms with Crippen molar-refractivity contribution in [1.29, 1.82) is 0 Å². The van der Waals surface area contributed by atoms with Gasteiger partial charge in [0.05, 0.1) is 0 Å². The van der Waals surface area contributed by atoms with Crippen LogP contribution in [0.15, 0.2) is 5.16 Å². The molecule has 186 valence electrons. The molecular weight excluding hydrogens is 410 g/mol. The van der Waals surface area contributed by atoms with Gasteiger partial charge in [-0.2, -0.15) is 0 Å². The van der Waals surface area contributed by atoms with Crippen LogP contribution >= 0.6 is 0 Å². The van der Waals surface area contributed by atoms with Crippen molar-refractivity contribution in [3.05, 3.63) is 0 Å². The van der Waals surface area contributed by atoms with E-state index in [1.165, 1.54) is 19.8 Å². The molecule has 2 N–H and O–H groups in total. The maximum atomic E-state index is 11.8. The SMILES string of the molecule is CCC(C)COCCCCCCCNC(=O)CCCC(=O)NCCCCO/N=C/C(C)=O. The minimum absolute atomic E-state index is 0.0134. The van der Waals surface area contributed by atoms with Gasteiger partial charge in [-0.3, -0.25) is 14.4 Å². The molecule has 0 aliphatic heterocycles. The molecule has 0 aromatic carbocycles. The average Bonchev–Trinajstić information content (AvgIpc) is 2.76. The van der Waals surface area contributed by atoms with Crippen molar-refractivity contribution in [2.24, 2.45) is 11.1 Å². The third-order valence-electron chi connectivity index (χ3n) is 4.99. The number of ketones is 1. The van der Waals surface area contributed by atoms with Crippen LogP contribution in [0.4, 0.5) is 0 Å². The second-order valence-corrected chi connectivity index (χ2v) is 8.30.